The molecule has 0 unspecified atom stereocenters. The van der Waals surface area contributed by atoms with Crippen molar-refractivity contribution in [3.8, 4) is 11.1 Å². The first-order chi connectivity index (χ1) is 15.8. The molecule has 3 aromatic rings. The number of carbonyl (C=O) groups is 3. The van der Waals surface area contributed by atoms with Gasteiger partial charge in [-0.2, -0.15) is 0 Å². The largest absolute Gasteiger partial charge is 0.478 e. The van der Waals surface area contributed by atoms with Crippen LogP contribution in [0, 0.1) is 6.92 Å². The number of ether oxygens (including phenoxy) is 1. The van der Waals surface area contributed by atoms with Gasteiger partial charge in [0, 0.05) is 11.6 Å². The molecule has 0 bridgehead atoms. The lowest BCUT2D eigenvalue weighted by atomic mass is 9.98. The third-order valence-corrected chi connectivity index (χ3v) is 5.80. The smallest absolute Gasteiger partial charge is 0.407 e. The van der Waals surface area contributed by atoms with Crippen LogP contribution in [0.15, 0.2) is 66.7 Å². The highest BCUT2D eigenvalue weighted by Gasteiger charge is 2.29. The highest BCUT2D eigenvalue weighted by Crippen LogP contribution is 2.44. The number of carboxylic acid groups (broad SMARTS) is 1. The zero-order valence-electron chi connectivity index (χ0n) is 18.3. The van der Waals surface area contributed by atoms with E-state index in [1.54, 1.807) is 13.8 Å². The minimum Gasteiger partial charge on any atom is -0.478 e. The number of nitrogens with one attached hydrogen (secondary N) is 2. The third kappa shape index (κ3) is 4.57. The summed E-state index contributed by atoms with van der Waals surface area (Å²) < 4.78 is 5.48. The molecule has 3 N–H and O–H groups in total. The fraction of sp³-hybridized carbons (Fsp3) is 0.192. The molecule has 168 valence electrons. The quantitative estimate of drug-likeness (QED) is 0.517. The van der Waals surface area contributed by atoms with Gasteiger partial charge in [0.1, 0.15) is 12.6 Å². The summed E-state index contributed by atoms with van der Waals surface area (Å²) in [6.07, 6.45) is -0.683. The van der Waals surface area contributed by atoms with E-state index in [0.29, 0.717) is 11.3 Å². The maximum Gasteiger partial charge on any atom is 0.407 e. The second-order valence-corrected chi connectivity index (χ2v) is 8.02. The Morgan fingerprint density at radius 1 is 0.970 bits per heavy atom. The molecule has 33 heavy (non-hydrogen) atoms. The lowest BCUT2D eigenvalue weighted by molar-refractivity contribution is -0.117. The summed E-state index contributed by atoms with van der Waals surface area (Å²) in [5, 5.41) is 14.3. The molecule has 4 rings (SSSR count). The number of carbonyl (C=O) groups excluding carboxylic acids is 2. The number of anilines is 1. The van der Waals surface area contributed by atoms with Crippen molar-refractivity contribution in [2.24, 2.45) is 0 Å². The maximum absolute atomic E-state index is 12.5. The number of hydrogen-bond donors (Lipinski definition) is 3. The number of aryl methyl sites for hydroxylation is 1. The van der Waals surface area contributed by atoms with Crippen molar-refractivity contribution < 1.29 is 24.2 Å². The molecule has 0 aliphatic heterocycles. The van der Waals surface area contributed by atoms with E-state index in [-0.39, 0.29) is 18.1 Å². The number of aromatic carboxylic acids is 1. The third-order valence-electron chi connectivity index (χ3n) is 5.80. The minimum atomic E-state index is -1.04. The molecule has 1 aliphatic rings. The Morgan fingerprint density at radius 3 is 2.15 bits per heavy atom. The first kappa shape index (κ1) is 22.1. The molecule has 0 heterocycles. The zero-order valence-corrected chi connectivity index (χ0v) is 18.3. The van der Waals surface area contributed by atoms with Crippen LogP contribution in [0.1, 0.15) is 39.9 Å². The predicted molar refractivity (Wildman–Crippen MR) is 124 cm³/mol. The van der Waals surface area contributed by atoms with Gasteiger partial charge in [0.2, 0.25) is 5.91 Å². The normalized spacial score (nSPS) is 12.9. The summed E-state index contributed by atoms with van der Waals surface area (Å²) in [4.78, 5) is 36.0. The van der Waals surface area contributed by atoms with Crippen molar-refractivity contribution in [3.05, 3.63) is 89.0 Å². The van der Waals surface area contributed by atoms with Crippen LogP contribution in [-0.2, 0) is 9.53 Å². The summed E-state index contributed by atoms with van der Waals surface area (Å²) in [7, 11) is 0. The van der Waals surface area contributed by atoms with E-state index in [0.717, 1.165) is 22.3 Å². The lowest BCUT2D eigenvalue weighted by Gasteiger charge is -2.17. The maximum atomic E-state index is 12.5. The van der Waals surface area contributed by atoms with Crippen LogP contribution in [0.25, 0.3) is 11.1 Å². The van der Waals surface area contributed by atoms with Gasteiger partial charge in [0.25, 0.3) is 0 Å². The number of hydrogen-bond acceptors (Lipinski definition) is 4. The standard InChI is InChI=1S/C26H24N2O5/c1-15-13-17(25(30)31)11-12-23(15)28-24(29)16(2)27-26(32)33-14-22-20-9-5-3-7-18(20)19-8-4-6-10-21(19)22/h3-13,16,22H,14H2,1-2H3,(H,27,32)(H,28,29)(H,30,31)/t16-/m0/s1. The summed E-state index contributed by atoms with van der Waals surface area (Å²) in [6, 6.07) is 19.7. The molecule has 0 aromatic heterocycles. The number of amides is 2. The Bertz CT molecular complexity index is 1190. The SMILES string of the molecule is Cc1cc(C(=O)O)ccc1NC(=O)[C@H](C)NC(=O)OCC1c2ccccc2-c2ccccc21. The van der Waals surface area contributed by atoms with Crippen LogP contribution < -0.4 is 10.6 Å². The molecule has 0 spiro atoms. The van der Waals surface area contributed by atoms with Crippen molar-refractivity contribution in [1.82, 2.24) is 5.32 Å². The number of fused-ring (bicyclic) bond motifs is 3. The number of rotatable bonds is 6. The van der Waals surface area contributed by atoms with Gasteiger partial charge >= 0.3 is 12.1 Å². The first-order valence-electron chi connectivity index (χ1n) is 10.6. The highest BCUT2D eigenvalue weighted by atomic mass is 16.5. The van der Waals surface area contributed by atoms with Gasteiger partial charge in [-0.1, -0.05) is 48.5 Å². The average Bonchev–Trinajstić information content (AvgIpc) is 3.12. The van der Waals surface area contributed by atoms with E-state index in [9.17, 15) is 14.4 Å². The summed E-state index contributed by atoms with van der Waals surface area (Å²) in [5.41, 5.74) is 5.71. The van der Waals surface area contributed by atoms with Crippen molar-refractivity contribution in [2.75, 3.05) is 11.9 Å². The fourth-order valence-electron chi connectivity index (χ4n) is 4.06. The van der Waals surface area contributed by atoms with Gasteiger partial charge < -0.3 is 20.5 Å². The van der Waals surface area contributed by atoms with E-state index in [1.165, 1.54) is 18.2 Å². The van der Waals surface area contributed by atoms with Crippen LogP contribution in [0.4, 0.5) is 10.5 Å². The number of benzene rings is 3. The van der Waals surface area contributed by atoms with Gasteiger partial charge in [-0.3, -0.25) is 4.79 Å². The minimum absolute atomic E-state index is 0.0670. The molecule has 0 fully saturated rings. The molecule has 1 atom stereocenters. The van der Waals surface area contributed by atoms with Crippen LogP contribution >= 0.6 is 0 Å². The molecule has 3 aromatic carbocycles. The molecule has 1 aliphatic carbocycles. The summed E-state index contributed by atoms with van der Waals surface area (Å²) >= 11 is 0. The van der Waals surface area contributed by atoms with Crippen molar-refractivity contribution in [1.29, 1.82) is 0 Å². The van der Waals surface area contributed by atoms with E-state index >= 15 is 0 Å². The van der Waals surface area contributed by atoms with Crippen LogP contribution in [-0.4, -0.2) is 35.7 Å². The van der Waals surface area contributed by atoms with Gasteiger partial charge in [0.15, 0.2) is 0 Å². The number of carboxylic acids is 1. The Morgan fingerprint density at radius 2 is 1.58 bits per heavy atom. The first-order valence-corrected chi connectivity index (χ1v) is 10.6. The van der Waals surface area contributed by atoms with Crippen molar-refractivity contribution in [3.63, 3.8) is 0 Å². The fourth-order valence-corrected chi connectivity index (χ4v) is 4.06. The Kier molecular flexibility index (Phi) is 6.13. The number of alkyl carbamates (subject to hydrolysis) is 1. The molecule has 0 radical (unpaired) electrons. The monoisotopic (exact) mass is 444 g/mol. The van der Waals surface area contributed by atoms with Gasteiger partial charge in [-0.15, -0.1) is 0 Å². The lowest BCUT2D eigenvalue weighted by Crippen LogP contribution is -2.42. The topological polar surface area (TPSA) is 105 Å². The average molecular weight is 444 g/mol. The van der Waals surface area contributed by atoms with E-state index in [1.807, 2.05) is 36.4 Å². The Labute approximate surface area is 191 Å². The van der Waals surface area contributed by atoms with Gasteiger partial charge in [-0.05, 0) is 59.9 Å². The van der Waals surface area contributed by atoms with Crippen LogP contribution in [0.3, 0.4) is 0 Å². The van der Waals surface area contributed by atoms with E-state index in [4.69, 9.17) is 9.84 Å². The molecule has 0 saturated heterocycles. The molecule has 0 saturated carbocycles. The molecule has 7 nitrogen and oxygen atoms in total. The summed E-state index contributed by atoms with van der Waals surface area (Å²) in [6.45, 7) is 3.41. The van der Waals surface area contributed by atoms with Gasteiger partial charge in [-0.25, -0.2) is 9.59 Å². The second kappa shape index (κ2) is 9.16. The van der Waals surface area contributed by atoms with E-state index < -0.39 is 24.0 Å². The second-order valence-electron chi connectivity index (χ2n) is 8.02. The highest BCUT2D eigenvalue weighted by molar-refractivity contribution is 5.97. The van der Waals surface area contributed by atoms with Gasteiger partial charge in [0.05, 0.1) is 5.56 Å². The summed E-state index contributed by atoms with van der Waals surface area (Å²) in [5.74, 6) is -1.54. The van der Waals surface area contributed by atoms with Crippen LogP contribution in [0.5, 0.6) is 0 Å². The molecular weight excluding hydrogens is 420 g/mol. The molecular formula is C26H24N2O5. The Hall–Kier alpha value is -4.13. The molecule has 7 heteroatoms. The van der Waals surface area contributed by atoms with Crippen molar-refractivity contribution >= 4 is 23.7 Å². The Balaban J connectivity index is 1.36. The zero-order chi connectivity index (χ0) is 23.5. The van der Waals surface area contributed by atoms with Crippen molar-refractivity contribution in [2.45, 2.75) is 25.8 Å². The predicted octanol–water partition coefficient (Wildman–Crippen LogP) is 4.56. The molecule has 2 amide bonds. The van der Waals surface area contributed by atoms with E-state index in [2.05, 4.69) is 22.8 Å². The van der Waals surface area contributed by atoms with Crippen LogP contribution in [0.2, 0.25) is 0 Å².